The number of amides is 2. The second kappa shape index (κ2) is 13.7. The van der Waals surface area contributed by atoms with Crippen molar-refractivity contribution in [1.82, 2.24) is 19.7 Å². The number of carbonyl (C=O) groups excluding carboxylic acids is 3. The van der Waals surface area contributed by atoms with E-state index in [1.54, 1.807) is 43.9 Å². The van der Waals surface area contributed by atoms with Crippen LogP contribution < -0.4 is 5.32 Å². The van der Waals surface area contributed by atoms with Gasteiger partial charge in [-0.25, -0.2) is 19.0 Å². The molecule has 6 rings (SSSR count). The number of likely N-dealkylation sites (tertiary alicyclic amines) is 1. The first-order chi connectivity index (χ1) is 23.7. The van der Waals surface area contributed by atoms with E-state index in [2.05, 4.69) is 15.5 Å². The van der Waals surface area contributed by atoms with Crippen LogP contribution in [0.15, 0.2) is 83.3 Å². The van der Waals surface area contributed by atoms with Crippen LogP contribution in [-0.2, 0) is 20.8 Å². The molecule has 0 aliphatic carbocycles. The maximum Gasteiger partial charge on any atom is 0.419 e. The van der Waals surface area contributed by atoms with Crippen molar-refractivity contribution < 1.29 is 33.0 Å². The molecule has 1 saturated heterocycles. The molecule has 0 unspecified atom stereocenters. The maximum absolute atomic E-state index is 13.5. The topological polar surface area (TPSA) is 138 Å². The number of aromatic nitrogens is 3. The minimum Gasteiger partial charge on any atom is -0.445 e. The summed E-state index contributed by atoms with van der Waals surface area (Å²) in [5, 5.41) is 12.0. The Morgan fingerprint density at radius 1 is 0.840 bits per heavy atom. The van der Waals surface area contributed by atoms with Crippen LogP contribution >= 0.6 is 0 Å². The lowest BCUT2D eigenvalue weighted by Crippen LogP contribution is -2.31. The third-order valence-corrected chi connectivity index (χ3v) is 7.87. The summed E-state index contributed by atoms with van der Waals surface area (Å²) in [6.07, 6.45) is -0.0579. The van der Waals surface area contributed by atoms with Gasteiger partial charge in [0.1, 0.15) is 23.9 Å². The van der Waals surface area contributed by atoms with Gasteiger partial charge in [-0.2, -0.15) is 0 Å². The molecule has 1 aliphatic heterocycles. The van der Waals surface area contributed by atoms with Gasteiger partial charge in [-0.15, -0.1) is 10.2 Å². The second-order valence-corrected chi connectivity index (χ2v) is 14.2. The van der Waals surface area contributed by atoms with E-state index in [1.165, 1.54) is 4.57 Å². The first kappa shape index (κ1) is 34.2. The predicted octanol–water partition coefficient (Wildman–Crippen LogP) is 8.96. The van der Waals surface area contributed by atoms with Crippen molar-refractivity contribution in [3.8, 4) is 22.7 Å². The van der Waals surface area contributed by atoms with Crippen LogP contribution in [-0.4, -0.2) is 55.7 Å². The van der Waals surface area contributed by atoms with Crippen LogP contribution in [0.5, 0.6) is 0 Å². The molecule has 0 radical (unpaired) electrons. The Bertz CT molecular complexity index is 2000. The van der Waals surface area contributed by atoms with Gasteiger partial charge in [0, 0.05) is 23.2 Å². The fraction of sp³-hybridized carbons (Fsp3) is 0.342. The number of carbonyl (C=O) groups is 3. The number of fused-ring (bicyclic) bond motifs is 1. The van der Waals surface area contributed by atoms with Crippen molar-refractivity contribution in [3.63, 3.8) is 0 Å². The van der Waals surface area contributed by atoms with Gasteiger partial charge in [0.05, 0.1) is 11.2 Å². The number of ether oxygens (including phenoxy) is 3. The van der Waals surface area contributed by atoms with E-state index in [9.17, 15) is 14.4 Å². The summed E-state index contributed by atoms with van der Waals surface area (Å²) in [5.41, 5.74) is 2.67. The quantitative estimate of drug-likeness (QED) is 0.174. The molecule has 12 nitrogen and oxygen atoms in total. The van der Waals surface area contributed by atoms with Crippen molar-refractivity contribution in [2.24, 2.45) is 0 Å². The minimum absolute atomic E-state index is 0.182. The molecule has 0 bridgehead atoms. The second-order valence-electron chi connectivity index (χ2n) is 14.2. The molecular formula is C38H41N5O7. The third-order valence-electron chi connectivity index (χ3n) is 7.87. The molecule has 1 atom stereocenters. The van der Waals surface area contributed by atoms with Gasteiger partial charge in [-0.1, -0.05) is 42.5 Å². The first-order valence-corrected chi connectivity index (χ1v) is 16.5. The number of hydrogen-bond donors (Lipinski definition) is 1. The Morgan fingerprint density at radius 2 is 1.54 bits per heavy atom. The molecule has 260 valence electrons. The average Bonchev–Trinajstić information content (AvgIpc) is 3.81. The third kappa shape index (κ3) is 7.96. The van der Waals surface area contributed by atoms with E-state index in [-0.39, 0.29) is 12.6 Å². The van der Waals surface area contributed by atoms with Gasteiger partial charge in [-0.3, -0.25) is 10.2 Å². The molecule has 3 heterocycles. The van der Waals surface area contributed by atoms with Gasteiger partial charge in [0.25, 0.3) is 0 Å². The van der Waals surface area contributed by atoms with Gasteiger partial charge < -0.3 is 18.6 Å². The Balaban J connectivity index is 1.23. The molecule has 1 fully saturated rings. The highest BCUT2D eigenvalue weighted by molar-refractivity contribution is 5.99. The molecule has 2 aromatic heterocycles. The lowest BCUT2D eigenvalue weighted by molar-refractivity contribution is 0.0545. The monoisotopic (exact) mass is 679 g/mol. The van der Waals surface area contributed by atoms with Crippen molar-refractivity contribution >= 4 is 34.9 Å². The summed E-state index contributed by atoms with van der Waals surface area (Å²) >= 11 is 0. The summed E-state index contributed by atoms with van der Waals surface area (Å²) in [5.74, 6) is 0.653. The molecular weight excluding hydrogens is 638 g/mol. The lowest BCUT2D eigenvalue weighted by atomic mass is 10.1. The SMILES string of the molecule is CC(C)(C)OC(=O)Nc1ccc2c(c1)cc(-c1ccc(-c3nnc([C@@H]4CCCN4C(=O)OCc4ccccc4)o3)cc1)n2C(=O)OC(C)(C)C. The highest BCUT2D eigenvalue weighted by atomic mass is 16.6. The van der Waals surface area contributed by atoms with Crippen molar-refractivity contribution in [2.45, 2.75) is 78.2 Å². The fourth-order valence-electron chi connectivity index (χ4n) is 5.74. The van der Waals surface area contributed by atoms with Crippen LogP contribution in [0, 0.1) is 0 Å². The van der Waals surface area contributed by atoms with Crippen LogP contribution in [0.2, 0.25) is 0 Å². The molecule has 3 aromatic carbocycles. The van der Waals surface area contributed by atoms with Crippen LogP contribution in [0.4, 0.5) is 20.1 Å². The van der Waals surface area contributed by atoms with Crippen LogP contribution in [0.25, 0.3) is 33.6 Å². The summed E-state index contributed by atoms with van der Waals surface area (Å²) in [7, 11) is 0. The molecule has 1 N–H and O–H groups in total. The van der Waals surface area contributed by atoms with Crippen molar-refractivity contribution in [2.75, 3.05) is 11.9 Å². The minimum atomic E-state index is -0.726. The zero-order chi connectivity index (χ0) is 35.6. The summed E-state index contributed by atoms with van der Waals surface area (Å²) in [6, 6.07) is 23.6. The largest absolute Gasteiger partial charge is 0.445 e. The van der Waals surface area contributed by atoms with Crippen LogP contribution in [0.3, 0.4) is 0 Å². The highest BCUT2D eigenvalue weighted by Gasteiger charge is 2.35. The average molecular weight is 680 g/mol. The Morgan fingerprint density at radius 3 is 2.24 bits per heavy atom. The van der Waals surface area contributed by atoms with Crippen molar-refractivity contribution in [1.29, 1.82) is 0 Å². The van der Waals surface area contributed by atoms with E-state index in [1.807, 2.05) is 81.4 Å². The van der Waals surface area contributed by atoms with Gasteiger partial charge in [0.15, 0.2) is 0 Å². The smallest absolute Gasteiger partial charge is 0.419 e. The van der Waals surface area contributed by atoms with Gasteiger partial charge >= 0.3 is 18.3 Å². The summed E-state index contributed by atoms with van der Waals surface area (Å²) in [4.78, 5) is 40.5. The number of nitrogens with zero attached hydrogens (tertiary/aromatic N) is 4. The molecule has 0 spiro atoms. The van der Waals surface area contributed by atoms with E-state index in [0.717, 1.165) is 17.5 Å². The molecule has 50 heavy (non-hydrogen) atoms. The zero-order valence-electron chi connectivity index (χ0n) is 29.1. The Hall–Kier alpha value is -5.65. The molecule has 5 aromatic rings. The van der Waals surface area contributed by atoms with E-state index in [0.29, 0.717) is 52.6 Å². The standard InChI is InChI=1S/C38H41N5O7/c1-37(2,3)49-34(44)39-28-18-19-29-27(21-28)22-31(43(29)36(46)50-38(4,5)6)25-14-16-26(17-15-25)32-40-41-33(48-32)30-13-10-20-42(30)35(45)47-23-24-11-8-7-9-12-24/h7-9,11-12,14-19,21-22,30H,10,13,20,23H2,1-6H3,(H,39,44)/t30-/m0/s1. The van der Waals surface area contributed by atoms with E-state index < -0.39 is 29.5 Å². The molecule has 12 heteroatoms. The first-order valence-electron chi connectivity index (χ1n) is 16.5. The summed E-state index contributed by atoms with van der Waals surface area (Å²) < 4.78 is 24.3. The number of anilines is 1. The van der Waals surface area contributed by atoms with Gasteiger partial charge in [-0.05, 0) is 102 Å². The molecule has 1 aliphatic rings. The molecule has 2 amide bonds. The zero-order valence-corrected chi connectivity index (χ0v) is 29.1. The maximum atomic E-state index is 13.5. The number of benzene rings is 3. The Labute approximate surface area is 290 Å². The predicted molar refractivity (Wildman–Crippen MR) is 187 cm³/mol. The van der Waals surface area contributed by atoms with E-state index in [4.69, 9.17) is 18.6 Å². The highest BCUT2D eigenvalue weighted by Crippen LogP contribution is 2.35. The number of hydrogen-bond acceptors (Lipinski definition) is 9. The lowest BCUT2D eigenvalue weighted by Gasteiger charge is -2.21. The van der Waals surface area contributed by atoms with Crippen LogP contribution in [0.1, 0.15) is 71.9 Å². The van der Waals surface area contributed by atoms with Gasteiger partial charge in [0.2, 0.25) is 11.8 Å². The van der Waals surface area contributed by atoms with E-state index >= 15 is 0 Å². The number of rotatable bonds is 6. The fourth-order valence-corrected chi connectivity index (χ4v) is 5.74. The molecule has 0 saturated carbocycles. The Kier molecular flexibility index (Phi) is 9.37. The van der Waals surface area contributed by atoms with Crippen molar-refractivity contribution in [3.05, 3.63) is 90.3 Å². The number of nitrogens with one attached hydrogen (secondary N) is 1. The summed E-state index contributed by atoms with van der Waals surface area (Å²) in [6.45, 7) is 11.5. The normalized spacial score (nSPS) is 14.8.